The van der Waals surface area contributed by atoms with E-state index in [1.54, 1.807) is 12.1 Å². The number of pyridine rings is 4. The highest BCUT2D eigenvalue weighted by Gasteiger charge is 2.33. The number of nitrogens with zero attached hydrogens (tertiary/aromatic N) is 18. The first-order valence-corrected chi connectivity index (χ1v) is 44.0. The maximum absolute atomic E-state index is 14.8. The highest BCUT2D eigenvalue weighted by molar-refractivity contribution is 6.20. The number of hydrogen-bond acceptors (Lipinski definition) is 28. The van der Waals surface area contributed by atoms with Crippen molar-refractivity contribution in [1.29, 1.82) is 0 Å². The molecule has 2 aliphatic carbocycles. The third kappa shape index (κ3) is 20.0. The van der Waals surface area contributed by atoms with Gasteiger partial charge in [-0.2, -0.15) is 0 Å². The highest BCUT2D eigenvalue weighted by Crippen LogP contribution is 2.43. The summed E-state index contributed by atoms with van der Waals surface area (Å²) in [5.74, 6) is -0.296. The van der Waals surface area contributed by atoms with E-state index in [1.807, 2.05) is 12.1 Å². The largest absolute Gasteiger partial charge is 0.494 e. The summed E-state index contributed by atoms with van der Waals surface area (Å²) in [6.07, 6.45) is 4.57. The number of ether oxygens (including phenoxy) is 4. The fourth-order valence-electron chi connectivity index (χ4n) is 18.7. The third-order valence-electron chi connectivity index (χ3n) is 26.1. The maximum atomic E-state index is 14.8. The third-order valence-corrected chi connectivity index (χ3v) is 26.1. The molecule has 2 aromatic carbocycles. The maximum Gasteiger partial charge on any atom is 0.263 e. The molecule has 32 nitrogen and oxygen atoms in total. The molecule has 2 aromatic heterocycles. The van der Waals surface area contributed by atoms with Gasteiger partial charge in [0.1, 0.15) is 0 Å². The van der Waals surface area contributed by atoms with E-state index in [2.05, 4.69) is 97.6 Å². The highest BCUT2D eigenvalue weighted by atomic mass is 16.5. The molecule has 4 aromatic rings. The Kier molecular flexibility index (Phi) is 29.3. The normalized spacial score (nSPS) is 20.5. The van der Waals surface area contributed by atoms with Crippen LogP contribution in [-0.4, -0.2) is 404 Å². The van der Waals surface area contributed by atoms with E-state index in [-0.39, 0.29) is 58.2 Å². The smallest absolute Gasteiger partial charge is 0.263 e. The number of nitrogens with one attached hydrogen (secondary N) is 2. The van der Waals surface area contributed by atoms with Crippen LogP contribution in [0.25, 0.3) is 65.3 Å². The molecule has 0 saturated carbocycles. The van der Waals surface area contributed by atoms with Crippen molar-refractivity contribution in [2.24, 2.45) is 9.98 Å². The molecule has 118 heavy (non-hydrogen) atoms. The number of hydrogen-bond donors (Lipinski definition) is 4. The van der Waals surface area contributed by atoms with Crippen molar-refractivity contribution in [3.8, 4) is 34.0 Å². The van der Waals surface area contributed by atoms with E-state index in [0.717, 1.165) is 248 Å². The van der Waals surface area contributed by atoms with Crippen LogP contribution in [0, 0.1) is 0 Å². The summed E-state index contributed by atoms with van der Waals surface area (Å²) < 4.78 is 27.9. The van der Waals surface area contributed by atoms with Gasteiger partial charge in [-0.05, 0) is 111 Å². The first kappa shape index (κ1) is 85.5. The number of rotatable bonds is 32. The van der Waals surface area contributed by atoms with Gasteiger partial charge >= 0.3 is 0 Å². The first-order chi connectivity index (χ1) is 57.5. The lowest BCUT2D eigenvalue weighted by Gasteiger charge is -2.32. The Bertz CT molecular complexity index is 5060. The zero-order chi connectivity index (χ0) is 81.8. The molecule has 4 N–H and O–H groups in total. The number of aromatic nitrogens is 4. The fourth-order valence-corrected chi connectivity index (χ4v) is 18.7. The van der Waals surface area contributed by atoms with Crippen LogP contribution in [0.3, 0.4) is 0 Å². The van der Waals surface area contributed by atoms with E-state index >= 15 is 0 Å². The van der Waals surface area contributed by atoms with Gasteiger partial charge in [-0.1, -0.05) is 0 Å². The predicted molar refractivity (Wildman–Crippen MR) is 464 cm³/mol. The molecule has 0 atom stereocenters. The molecule has 644 valence electrons. The Morgan fingerprint density at radius 2 is 0.576 bits per heavy atom. The molecule has 12 heterocycles. The van der Waals surface area contributed by atoms with E-state index < -0.39 is 0 Å². The molecule has 0 amide bonds. The van der Waals surface area contributed by atoms with Gasteiger partial charge < -0.3 is 69.2 Å². The zero-order valence-electron chi connectivity index (χ0n) is 70.5. The van der Waals surface area contributed by atoms with Crippen LogP contribution in [0.2, 0.25) is 0 Å². The van der Waals surface area contributed by atoms with Gasteiger partial charge in [0.05, 0.1) is 96.2 Å². The van der Waals surface area contributed by atoms with Crippen molar-refractivity contribution >= 4 is 54.5 Å². The summed E-state index contributed by atoms with van der Waals surface area (Å²) >= 11 is 0. The molecular weight excluding hydrogens is 1510 g/mol. The van der Waals surface area contributed by atoms with E-state index in [0.29, 0.717) is 179 Å². The van der Waals surface area contributed by atoms with Crippen LogP contribution < -0.4 is 54.7 Å². The molecule has 0 spiro atoms. The Hall–Kier alpha value is -7.48. The molecule has 12 aliphatic rings. The molecule has 0 bridgehead atoms. The Morgan fingerprint density at radius 3 is 0.932 bits per heavy atom. The SMILES string of the molecule is CN1CCN(CCCN=c2cc3c(=O)n(CCCN4CCOCC4)c(=O)c4c(NCCCN5CCN(C)CC5)cc5c(O)n(CCCN6CCOCC6)c(=O)c2c5c4-3)CC1.CN1CCN(CCn2c(O)c3cc(NCCCN4CCOCC4)c4c5c3c(c(=NCCCN3CCOCC3)cc-5c(=O)n(CCN3CCN(C)CC3)c4=O)c2=O)CC1. The predicted octanol–water partition coefficient (Wildman–Crippen LogP) is 0.00940. The second-order valence-corrected chi connectivity index (χ2v) is 34.0. The number of morpholine rings is 4. The lowest BCUT2D eigenvalue weighted by atomic mass is 9.89. The lowest BCUT2D eigenvalue weighted by Crippen LogP contribution is -2.47. The van der Waals surface area contributed by atoms with Crippen molar-refractivity contribution < 1.29 is 29.2 Å². The summed E-state index contributed by atoms with van der Waals surface area (Å²) in [6, 6.07) is 7.18. The molecule has 8 saturated heterocycles. The van der Waals surface area contributed by atoms with Crippen molar-refractivity contribution in [3.63, 3.8) is 0 Å². The summed E-state index contributed by atoms with van der Waals surface area (Å²) in [7, 11) is 8.53. The summed E-state index contributed by atoms with van der Waals surface area (Å²) in [6.45, 7) is 37.6. The topological polar surface area (TPSA) is 287 Å². The number of aromatic hydroxyl groups is 2. The van der Waals surface area contributed by atoms with E-state index in [1.165, 1.54) is 18.3 Å². The number of likely N-dealkylation sites (N-methyl/N-ethyl adjacent to an activating group) is 4. The summed E-state index contributed by atoms with van der Waals surface area (Å²) in [5, 5.41) is 35.5. The average molecular weight is 1630 g/mol. The van der Waals surface area contributed by atoms with Gasteiger partial charge in [-0.25, -0.2) is 0 Å². The van der Waals surface area contributed by atoms with Gasteiger partial charge in [0.25, 0.3) is 33.4 Å². The number of piperazine rings is 4. The van der Waals surface area contributed by atoms with Crippen molar-refractivity contribution in [2.75, 3.05) is 327 Å². The van der Waals surface area contributed by atoms with Crippen LogP contribution in [0.4, 0.5) is 11.4 Å². The standard InChI is InChI=1S/C44H66N10O6.C42H62N10O6/c1-47-15-19-49(20-16-47)9-3-7-45-35-31-33-38-37-34(42(56)53(43(57)39(35)37)13-5-11-51-23-27-59-28-24-51)32-36(46-8-4-10-50-21-17-48(2)18-22-50)40(38)44(58)54(41(33)55)14-6-12-52-25-29-60-30-26-52;1-45-9-13-49(14-10-45)17-19-51-39(53)31-29-34(44-6-4-8-48-23-27-58-28-24-48)38-36-32(40(54)52(42(38)56)20-18-50-15-11-46(2)12-16-50)30-33(37(35(31)36)41(51)55)43-5-3-7-47-21-25-57-26-22-47/h31-32,45,55H,3-30H2,1-2H3;29-30,43,54H,3-28H2,1-2H3. The summed E-state index contributed by atoms with van der Waals surface area (Å²) in [5.41, 5.74) is 0.497. The first-order valence-electron chi connectivity index (χ1n) is 44.0. The van der Waals surface area contributed by atoms with Gasteiger partial charge in [0.15, 0.2) is 0 Å². The average Bonchev–Trinajstić information content (AvgIpc) is 0.704. The molecule has 0 radical (unpaired) electrons. The van der Waals surface area contributed by atoms with Gasteiger partial charge in [-0.3, -0.25) is 86.4 Å². The fraction of sp³-hybridized carbons (Fsp3) is 0.674. The molecule has 32 heteroatoms. The van der Waals surface area contributed by atoms with Crippen LogP contribution in [0.1, 0.15) is 38.5 Å². The van der Waals surface area contributed by atoms with E-state index in [4.69, 9.17) is 28.9 Å². The van der Waals surface area contributed by atoms with Crippen LogP contribution >= 0.6 is 0 Å². The monoisotopic (exact) mass is 1630 g/mol. The summed E-state index contributed by atoms with van der Waals surface area (Å²) in [4.78, 5) is 127. The minimum atomic E-state index is -0.386. The lowest BCUT2D eigenvalue weighted by molar-refractivity contribution is 0.0368. The molecule has 16 rings (SSSR count). The minimum absolute atomic E-state index is 0.146. The molecule has 0 unspecified atom stereocenters. The number of benzene rings is 4. The van der Waals surface area contributed by atoms with Crippen LogP contribution in [0.15, 0.2) is 63.0 Å². The second kappa shape index (κ2) is 40.5. The van der Waals surface area contributed by atoms with Gasteiger partial charge in [-0.15, -0.1) is 0 Å². The number of anilines is 2. The Labute approximate surface area is 690 Å². The van der Waals surface area contributed by atoms with Crippen molar-refractivity contribution in [2.45, 2.75) is 64.7 Å². The zero-order valence-corrected chi connectivity index (χ0v) is 70.5. The van der Waals surface area contributed by atoms with Crippen molar-refractivity contribution in [1.82, 2.24) is 77.1 Å². The Balaban J connectivity index is 0.000000185. The Morgan fingerprint density at radius 1 is 0.297 bits per heavy atom. The molecule has 8 fully saturated rings. The molecule has 10 aliphatic heterocycles. The van der Waals surface area contributed by atoms with Gasteiger partial charge in [0.2, 0.25) is 11.8 Å². The second-order valence-electron chi connectivity index (χ2n) is 34.0. The van der Waals surface area contributed by atoms with Crippen LogP contribution in [0.5, 0.6) is 11.8 Å². The van der Waals surface area contributed by atoms with Crippen molar-refractivity contribution in [3.05, 3.63) is 97.1 Å². The quantitative estimate of drug-likeness (QED) is 0.0319. The van der Waals surface area contributed by atoms with E-state index in [9.17, 15) is 39.0 Å². The van der Waals surface area contributed by atoms with Crippen LogP contribution in [-0.2, 0) is 45.1 Å². The minimum Gasteiger partial charge on any atom is -0.494 e. The van der Waals surface area contributed by atoms with Gasteiger partial charge in [0, 0.05) is 286 Å². The molecular formula is C86H128N20O12.